The van der Waals surface area contributed by atoms with Gasteiger partial charge in [-0.15, -0.1) is 0 Å². The average molecular weight is 252 g/mol. The summed E-state index contributed by atoms with van der Waals surface area (Å²) in [6, 6.07) is 16.6. The number of para-hydroxylation sites is 1. The van der Waals surface area contributed by atoms with Crippen molar-refractivity contribution in [1.82, 2.24) is 0 Å². The number of anilines is 1. The summed E-state index contributed by atoms with van der Waals surface area (Å²) in [6.07, 6.45) is 0. The molecule has 19 heavy (non-hydrogen) atoms. The van der Waals surface area contributed by atoms with Crippen molar-refractivity contribution < 1.29 is 0 Å². The molecule has 0 aliphatic carbocycles. The summed E-state index contributed by atoms with van der Waals surface area (Å²) in [6.45, 7) is 4.27. The van der Waals surface area contributed by atoms with E-state index in [1.165, 1.54) is 16.8 Å². The highest BCUT2D eigenvalue weighted by Crippen LogP contribution is 2.25. The molecule has 0 atom stereocenters. The van der Waals surface area contributed by atoms with Gasteiger partial charge in [0.1, 0.15) is 5.84 Å². The Bertz CT molecular complexity index is 565. The molecule has 98 valence electrons. The van der Waals surface area contributed by atoms with E-state index in [1.807, 2.05) is 25.2 Å². The van der Waals surface area contributed by atoms with Gasteiger partial charge in [0.15, 0.2) is 0 Å². The van der Waals surface area contributed by atoms with Crippen LogP contribution in [0.3, 0.4) is 0 Å². The Hall–Kier alpha value is -2.09. The van der Waals surface area contributed by atoms with Crippen LogP contribution in [-0.2, 0) is 0 Å². The summed E-state index contributed by atoms with van der Waals surface area (Å²) in [7, 11) is 3.91. The molecule has 0 spiro atoms. The summed E-state index contributed by atoms with van der Waals surface area (Å²) in [4.78, 5) is 6.63. The monoisotopic (exact) mass is 252 g/mol. The molecule has 0 saturated heterocycles. The molecule has 0 N–H and O–H groups in total. The summed E-state index contributed by atoms with van der Waals surface area (Å²) in [5.74, 6) is 0.984. The first-order valence-electron chi connectivity index (χ1n) is 6.47. The number of rotatable bonds is 2. The van der Waals surface area contributed by atoms with E-state index in [4.69, 9.17) is 0 Å². The van der Waals surface area contributed by atoms with Gasteiger partial charge in [0.2, 0.25) is 0 Å². The Balaban J connectivity index is 2.46. The van der Waals surface area contributed by atoms with Crippen molar-refractivity contribution in [2.45, 2.75) is 13.8 Å². The third-order valence-corrected chi connectivity index (χ3v) is 3.34. The van der Waals surface area contributed by atoms with Gasteiger partial charge in [-0.05, 0) is 25.0 Å². The van der Waals surface area contributed by atoms with E-state index in [2.05, 4.69) is 61.1 Å². The maximum Gasteiger partial charge on any atom is 0.134 e. The zero-order valence-electron chi connectivity index (χ0n) is 12.0. The number of benzene rings is 2. The molecule has 0 aromatic heterocycles. The normalized spacial score (nSPS) is 11.5. The second kappa shape index (κ2) is 5.70. The second-order valence-electron chi connectivity index (χ2n) is 4.71. The van der Waals surface area contributed by atoms with Gasteiger partial charge in [-0.1, -0.05) is 48.5 Å². The zero-order chi connectivity index (χ0) is 13.8. The number of nitrogens with zero attached hydrogens (tertiary/aromatic N) is 2. The van der Waals surface area contributed by atoms with Crippen molar-refractivity contribution in [2.75, 3.05) is 19.0 Å². The van der Waals surface area contributed by atoms with Gasteiger partial charge in [0.05, 0.1) is 0 Å². The van der Waals surface area contributed by atoms with Crippen LogP contribution < -0.4 is 4.90 Å². The topological polar surface area (TPSA) is 15.6 Å². The van der Waals surface area contributed by atoms with Crippen LogP contribution in [0, 0.1) is 13.8 Å². The molecule has 0 saturated carbocycles. The number of aryl methyl sites for hydroxylation is 2. The number of amidine groups is 1. The minimum absolute atomic E-state index is 0.984. The van der Waals surface area contributed by atoms with E-state index in [-0.39, 0.29) is 0 Å². The molecule has 2 heteroatoms. The predicted molar refractivity (Wildman–Crippen MR) is 83.2 cm³/mol. The molecule has 0 heterocycles. The van der Waals surface area contributed by atoms with Crippen molar-refractivity contribution in [3.05, 3.63) is 65.2 Å². The smallest absolute Gasteiger partial charge is 0.134 e. The Morgan fingerprint density at radius 1 is 0.895 bits per heavy atom. The molecule has 0 amide bonds. The van der Waals surface area contributed by atoms with E-state index >= 15 is 0 Å². The first-order valence-corrected chi connectivity index (χ1v) is 6.47. The van der Waals surface area contributed by atoms with Gasteiger partial charge in [-0.2, -0.15) is 0 Å². The fourth-order valence-electron chi connectivity index (χ4n) is 2.50. The van der Waals surface area contributed by atoms with E-state index in [1.54, 1.807) is 0 Å². The average Bonchev–Trinajstić information content (AvgIpc) is 2.40. The molecular weight excluding hydrogens is 232 g/mol. The maximum absolute atomic E-state index is 4.46. The molecule has 2 aromatic rings. The second-order valence-corrected chi connectivity index (χ2v) is 4.71. The van der Waals surface area contributed by atoms with Crippen LogP contribution in [0.25, 0.3) is 0 Å². The van der Waals surface area contributed by atoms with Gasteiger partial charge in [-0.3, -0.25) is 4.99 Å². The molecule has 0 unspecified atom stereocenters. The Kier molecular flexibility index (Phi) is 4.00. The number of hydrogen-bond donors (Lipinski definition) is 0. The van der Waals surface area contributed by atoms with E-state index in [0.29, 0.717) is 0 Å². The standard InChI is InChI=1S/C17H20N2/c1-13-9-8-10-14(2)16(13)19(4)17(18-3)15-11-6-5-7-12-15/h5-12H,1-4H3/b18-17-. The predicted octanol–water partition coefficient (Wildman–Crippen LogP) is 3.82. The summed E-state index contributed by atoms with van der Waals surface area (Å²) < 4.78 is 0. The van der Waals surface area contributed by atoms with Crippen molar-refractivity contribution in [3.63, 3.8) is 0 Å². The first kappa shape index (κ1) is 13.3. The molecule has 2 aromatic carbocycles. The highest BCUT2D eigenvalue weighted by atomic mass is 15.2. The molecule has 2 nitrogen and oxygen atoms in total. The van der Waals surface area contributed by atoms with Crippen LogP contribution in [0.2, 0.25) is 0 Å². The minimum Gasteiger partial charge on any atom is -0.329 e. The van der Waals surface area contributed by atoms with Crippen LogP contribution in [0.4, 0.5) is 5.69 Å². The number of aliphatic imine (C=N–C) groups is 1. The fraction of sp³-hybridized carbons (Fsp3) is 0.235. The van der Waals surface area contributed by atoms with Crippen molar-refractivity contribution >= 4 is 11.5 Å². The Morgan fingerprint density at radius 3 is 2.00 bits per heavy atom. The van der Waals surface area contributed by atoms with Crippen LogP contribution >= 0.6 is 0 Å². The lowest BCUT2D eigenvalue weighted by Crippen LogP contribution is -2.28. The third kappa shape index (κ3) is 2.68. The Labute approximate surface area is 115 Å². The van der Waals surface area contributed by atoms with Crippen molar-refractivity contribution in [1.29, 1.82) is 0 Å². The summed E-state index contributed by atoms with van der Waals surface area (Å²) >= 11 is 0. The molecule has 0 radical (unpaired) electrons. The fourth-order valence-corrected chi connectivity index (χ4v) is 2.50. The van der Waals surface area contributed by atoms with Crippen molar-refractivity contribution in [3.8, 4) is 0 Å². The quantitative estimate of drug-likeness (QED) is 0.586. The van der Waals surface area contributed by atoms with Gasteiger partial charge in [0, 0.05) is 25.3 Å². The van der Waals surface area contributed by atoms with Gasteiger partial charge in [0.25, 0.3) is 0 Å². The summed E-state index contributed by atoms with van der Waals surface area (Å²) in [5.41, 5.74) is 4.89. The lowest BCUT2D eigenvalue weighted by atomic mass is 10.1. The lowest BCUT2D eigenvalue weighted by molar-refractivity contribution is 1.18. The third-order valence-electron chi connectivity index (χ3n) is 3.34. The highest BCUT2D eigenvalue weighted by Gasteiger charge is 2.14. The zero-order valence-corrected chi connectivity index (χ0v) is 12.0. The van der Waals surface area contributed by atoms with Crippen LogP contribution in [0.15, 0.2) is 53.5 Å². The van der Waals surface area contributed by atoms with E-state index in [9.17, 15) is 0 Å². The lowest BCUT2D eigenvalue weighted by Gasteiger charge is -2.25. The molecular formula is C17H20N2. The largest absolute Gasteiger partial charge is 0.329 e. The van der Waals surface area contributed by atoms with E-state index < -0.39 is 0 Å². The minimum atomic E-state index is 0.984. The summed E-state index contributed by atoms with van der Waals surface area (Å²) in [5, 5.41) is 0. The van der Waals surface area contributed by atoms with Gasteiger partial charge >= 0.3 is 0 Å². The molecule has 0 bridgehead atoms. The first-order chi connectivity index (χ1) is 9.15. The molecule has 0 aliphatic rings. The molecule has 0 aliphatic heterocycles. The maximum atomic E-state index is 4.46. The SMILES string of the molecule is C/N=C(/c1ccccc1)N(C)c1c(C)cccc1C. The molecule has 2 rings (SSSR count). The van der Waals surface area contributed by atoms with Crippen LogP contribution in [0.5, 0.6) is 0 Å². The van der Waals surface area contributed by atoms with Gasteiger partial charge in [-0.25, -0.2) is 0 Å². The van der Waals surface area contributed by atoms with E-state index in [0.717, 1.165) is 11.4 Å². The van der Waals surface area contributed by atoms with Crippen LogP contribution in [-0.4, -0.2) is 19.9 Å². The Morgan fingerprint density at radius 2 is 1.47 bits per heavy atom. The molecule has 0 fully saturated rings. The number of hydrogen-bond acceptors (Lipinski definition) is 1. The van der Waals surface area contributed by atoms with Crippen LogP contribution in [0.1, 0.15) is 16.7 Å². The van der Waals surface area contributed by atoms with Gasteiger partial charge < -0.3 is 4.90 Å². The van der Waals surface area contributed by atoms with Crippen molar-refractivity contribution in [2.24, 2.45) is 4.99 Å². The highest BCUT2D eigenvalue weighted by molar-refractivity contribution is 6.10.